The minimum absolute atomic E-state index is 0.328. The number of hydrogen-bond donors (Lipinski definition) is 1. The molecule has 0 fully saturated rings. The summed E-state index contributed by atoms with van der Waals surface area (Å²) < 4.78 is 13.9. The van der Waals surface area contributed by atoms with Crippen LogP contribution >= 0.6 is 11.3 Å². The molecular weight excluding hydrogens is 249 g/mol. The monoisotopic (exact) mass is 259 g/mol. The standard InChI is InChI=1S/C13H10FN3S/c1-7-2-3-8(10(14)6-7)12-16-11(15)9-4-5-18-13(9)17-12/h2-6H,1H3,(H2,15,16,17). The van der Waals surface area contributed by atoms with E-state index in [9.17, 15) is 4.39 Å². The third kappa shape index (κ3) is 1.73. The van der Waals surface area contributed by atoms with E-state index in [1.54, 1.807) is 6.07 Å². The fraction of sp³-hybridized carbons (Fsp3) is 0.0769. The van der Waals surface area contributed by atoms with Gasteiger partial charge in [-0.15, -0.1) is 11.3 Å². The van der Waals surface area contributed by atoms with Crippen molar-refractivity contribution in [3.63, 3.8) is 0 Å². The van der Waals surface area contributed by atoms with Crippen LogP contribution in [0.1, 0.15) is 5.56 Å². The number of thiophene rings is 1. The third-order valence-electron chi connectivity index (χ3n) is 2.72. The molecule has 1 aromatic carbocycles. The van der Waals surface area contributed by atoms with Crippen molar-refractivity contribution in [2.45, 2.75) is 6.92 Å². The molecule has 0 bridgehead atoms. The minimum atomic E-state index is -0.328. The van der Waals surface area contributed by atoms with Gasteiger partial charge in [0.15, 0.2) is 5.82 Å². The lowest BCUT2D eigenvalue weighted by molar-refractivity contribution is 0.629. The molecule has 0 aliphatic rings. The lowest BCUT2D eigenvalue weighted by atomic mass is 10.1. The zero-order chi connectivity index (χ0) is 12.7. The van der Waals surface area contributed by atoms with E-state index >= 15 is 0 Å². The maximum Gasteiger partial charge on any atom is 0.166 e. The van der Waals surface area contributed by atoms with E-state index in [1.165, 1.54) is 17.4 Å². The molecule has 0 saturated heterocycles. The van der Waals surface area contributed by atoms with Crippen molar-refractivity contribution in [1.29, 1.82) is 0 Å². The number of benzene rings is 1. The Balaban J connectivity index is 2.24. The van der Waals surface area contributed by atoms with Gasteiger partial charge < -0.3 is 5.73 Å². The highest BCUT2D eigenvalue weighted by atomic mass is 32.1. The summed E-state index contributed by atoms with van der Waals surface area (Å²) >= 11 is 1.47. The largest absolute Gasteiger partial charge is 0.383 e. The van der Waals surface area contributed by atoms with Crippen LogP contribution in [0.25, 0.3) is 21.6 Å². The Morgan fingerprint density at radius 1 is 1.22 bits per heavy atom. The summed E-state index contributed by atoms with van der Waals surface area (Å²) in [5.74, 6) is 0.390. The second kappa shape index (κ2) is 4.03. The van der Waals surface area contributed by atoms with E-state index in [4.69, 9.17) is 5.73 Å². The summed E-state index contributed by atoms with van der Waals surface area (Å²) in [4.78, 5) is 9.29. The lowest BCUT2D eigenvalue weighted by Gasteiger charge is -2.04. The predicted octanol–water partition coefficient (Wildman–Crippen LogP) is 3.39. The highest BCUT2D eigenvalue weighted by Crippen LogP contribution is 2.28. The fourth-order valence-corrected chi connectivity index (χ4v) is 2.57. The molecule has 0 unspecified atom stereocenters. The van der Waals surface area contributed by atoms with Gasteiger partial charge in [-0.2, -0.15) is 0 Å². The number of nitrogens with zero attached hydrogens (tertiary/aromatic N) is 2. The summed E-state index contributed by atoms with van der Waals surface area (Å²) in [5.41, 5.74) is 7.09. The molecule has 0 atom stereocenters. The van der Waals surface area contributed by atoms with Gasteiger partial charge in [-0.1, -0.05) is 6.07 Å². The van der Waals surface area contributed by atoms with Crippen LogP contribution in [0.5, 0.6) is 0 Å². The van der Waals surface area contributed by atoms with Crippen molar-refractivity contribution in [3.8, 4) is 11.4 Å². The molecule has 0 spiro atoms. The number of halogens is 1. The minimum Gasteiger partial charge on any atom is -0.383 e. The molecule has 18 heavy (non-hydrogen) atoms. The first-order chi connectivity index (χ1) is 8.65. The number of hydrogen-bond acceptors (Lipinski definition) is 4. The number of anilines is 1. The number of fused-ring (bicyclic) bond motifs is 1. The molecule has 3 rings (SSSR count). The summed E-state index contributed by atoms with van der Waals surface area (Å²) in [6.07, 6.45) is 0. The topological polar surface area (TPSA) is 51.8 Å². The normalized spacial score (nSPS) is 11.0. The average Bonchev–Trinajstić information content (AvgIpc) is 2.77. The van der Waals surface area contributed by atoms with E-state index in [0.717, 1.165) is 15.8 Å². The zero-order valence-electron chi connectivity index (χ0n) is 9.64. The Kier molecular flexibility index (Phi) is 2.48. The number of aryl methyl sites for hydroxylation is 1. The first kappa shape index (κ1) is 11.1. The molecule has 0 aliphatic heterocycles. The van der Waals surface area contributed by atoms with Gasteiger partial charge in [-0.05, 0) is 36.1 Å². The van der Waals surface area contributed by atoms with Crippen molar-refractivity contribution in [2.75, 3.05) is 5.73 Å². The Labute approximate surface area is 107 Å². The molecule has 3 nitrogen and oxygen atoms in total. The third-order valence-corrected chi connectivity index (χ3v) is 3.53. The number of aromatic nitrogens is 2. The smallest absolute Gasteiger partial charge is 0.166 e. The van der Waals surface area contributed by atoms with Crippen molar-refractivity contribution in [3.05, 3.63) is 41.0 Å². The van der Waals surface area contributed by atoms with Gasteiger partial charge in [0.1, 0.15) is 16.5 Å². The molecule has 2 heterocycles. The number of nitrogens with two attached hydrogens (primary N) is 1. The predicted molar refractivity (Wildman–Crippen MR) is 72.0 cm³/mol. The van der Waals surface area contributed by atoms with Crippen LogP contribution in [0.3, 0.4) is 0 Å². The Bertz CT molecular complexity index is 736. The summed E-state index contributed by atoms with van der Waals surface area (Å²) in [5, 5.41) is 2.71. The van der Waals surface area contributed by atoms with E-state index in [2.05, 4.69) is 9.97 Å². The van der Waals surface area contributed by atoms with Crippen molar-refractivity contribution >= 4 is 27.4 Å². The van der Waals surface area contributed by atoms with Gasteiger partial charge in [0.25, 0.3) is 0 Å². The van der Waals surface area contributed by atoms with Gasteiger partial charge >= 0.3 is 0 Å². The van der Waals surface area contributed by atoms with Crippen LogP contribution in [0, 0.1) is 12.7 Å². The molecule has 3 aromatic rings. The molecule has 0 saturated carbocycles. The van der Waals surface area contributed by atoms with Crippen molar-refractivity contribution in [2.24, 2.45) is 0 Å². The average molecular weight is 259 g/mol. The zero-order valence-corrected chi connectivity index (χ0v) is 10.5. The molecule has 2 N–H and O–H groups in total. The van der Waals surface area contributed by atoms with Crippen LogP contribution in [-0.4, -0.2) is 9.97 Å². The van der Waals surface area contributed by atoms with Gasteiger partial charge in [0, 0.05) is 0 Å². The molecule has 0 radical (unpaired) electrons. The van der Waals surface area contributed by atoms with Crippen LogP contribution in [0.15, 0.2) is 29.6 Å². The highest BCUT2D eigenvalue weighted by Gasteiger charge is 2.11. The summed E-state index contributed by atoms with van der Waals surface area (Å²) in [7, 11) is 0. The van der Waals surface area contributed by atoms with E-state index in [1.807, 2.05) is 24.4 Å². The SMILES string of the molecule is Cc1ccc(-c2nc(N)c3ccsc3n2)c(F)c1. The highest BCUT2D eigenvalue weighted by molar-refractivity contribution is 7.16. The second-order valence-electron chi connectivity index (χ2n) is 4.06. The lowest BCUT2D eigenvalue weighted by Crippen LogP contribution is -1.97. The molecule has 0 aliphatic carbocycles. The van der Waals surface area contributed by atoms with Gasteiger partial charge in [-0.3, -0.25) is 0 Å². The molecule has 0 amide bonds. The first-order valence-electron chi connectivity index (χ1n) is 5.42. The molecular formula is C13H10FN3S. The maximum absolute atomic E-state index is 13.9. The second-order valence-corrected chi connectivity index (χ2v) is 4.95. The fourth-order valence-electron chi connectivity index (χ4n) is 1.80. The Morgan fingerprint density at radius 2 is 2.06 bits per heavy atom. The van der Waals surface area contributed by atoms with E-state index < -0.39 is 0 Å². The van der Waals surface area contributed by atoms with Crippen LogP contribution in [0.2, 0.25) is 0 Å². The number of nitrogen functional groups attached to an aromatic ring is 1. The number of rotatable bonds is 1. The van der Waals surface area contributed by atoms with E-state index in [-0.39, 0.29) is 5.82 Å². The van der Waals surface area contributed by atoms with Gasteiger partial charge in [0.05, 0.1) is 10.9 Å². The molecule has 90 valence electrons. The summed E-state index contributed by atoms with van der Waals surface area (Å²) in [6, 6.07) is 6.84. The Hall–Kier alpha value is -2.01. The van der Waals surface area contributed by atoms with E-state index in [0.29, 0.717) is 17.2 Å². The van der Waals surface area contributed by atoms with Gasteiger partial charge in [0.2, 0.25) is 0 Å². The van der Waals surface area contributed by atoms with Crippen molar-refractivity contribution < 1.29 is 4.39 Å². The van der Waals surface area contributed by atoms with Crippen LogP contribution < -0.4 is 5.73 Å². The Morgan fingerprint density at radius 3 is 2.83 bits per heavy atom. The van der Waals surface area contributed by atoms with Crippen molar-refractivity contribution in [1.82, 2.24) is 9.97 Å². The van der Waals surface area contributed by atoms with Crippen LogP contribution in [-0.2, 0) is 0 Å². The molecule has 2 aromatic heterocycles. The van der Waals surface area contributed by atoms with Gasteiger partial charge in [-0.25, -0.2) is 14.4 Å². The summed E-state index contributed by atoms with van der Waals surface area (Å²) in [6.45, 7) is 1.84. The maximum atomic E-state index is 13.9. The van der Waals surface area contributed by atoms with Crippen LogP contribution in [0.4, 0.5) is 10.2 Å². The first-order valence-corrected chi connectivity index (χ1v) is 6.30. The quantitative estimate of drug-likeness (QED) is 0.728. The molecule has 5 heteroatoms.